The Balaban J connectivity index is 2.27. The highest BCUT2D eigenvalue weighted by molar-refractivity contribution is 9.10. The molecule has 0 amide bonds. The number of halogens is 1. The fourth-order valence-electron chi connectivity index (χ4n) is 2.32. The van der Waals surface area contributed by atoms with Gasteiger partial charge in [0.1, 0.15) is 0 Å². The first kappa shape index (κ1) is 14.3. The van der Waals surface area contributed by atoms with E-state index in [1.807, 2.05) is 18.6 Å². The third kappa shape index (κ3) is 3.25. The minimum atomic E-state index is 0.352. The van der Waals surface area contributed by atoms with Crippen molar-refractivity contribution in [1.29, 1.82) is 0 Å². The molecule has 0 saturated carbocycles. The molecule has 0 bridgehead atoms. The molecule has 1 aromatic carbocycles. The first-order valence-corrected chi connectivity index (χ1v) is 7.36. The lowest BCUT2D eigenvalue weighted by atomic mass is 9.93. The monoisotopic (exact) mass is 321 g/mol. The van der Waals surface area contributed by atoms with Crippen LogP contribution in [0.5, 0.6) is 0 Å². The summed E-state index contributed by atoms with van der Waals surface area (Å²) in [7, 11) is 0. The van der Waals surface area contributed by atoms with Crippen molar-refractivity contribution >= 4 is 15.9 Å². The van der Waals surface area contributed by atoms with Crippen LogP contribution in [0.3, 0.4) is 0 Å². The van der Waals surface area contributed by atoms with Gasteiger partial charge in [-0.25, -0.2) is 4.98 Å². The Morgan fingerprint density at radius 2 is 2.05 bits per heavy atom. The summed E-state index contributed by atoms with van der Waals surface area (Å²) < 4.78 is 3.32. The maximum atomic E-state index is 5.91. The molecule has 0 aliphatic heterocycles. The van der Waals surface area contributed by atoms with Gasteiger partial charge in [-0.1, -0.05) is 48.0 Å². The second-order valence-corrected chi connectivity index (χ2v) is 5.98. The molecule has 0 spiro atoms. The van der Waals surface area contributed by atoms with E-state index >= 15 is 0 Å². The molecule has 0 fully saturated rings. The normalized spacial score (nSPS) is 12.9. The topological polar surface area (TPSA) is 43.8 Å². The lowest BCUT2D eigenvalue weighted by Gasteiger charge is -2.21. The van der Waals surface area contributed by atoms with Crippen LogP contribution >= 0.6 is 15.9 Å². The summed E-state index contributed by atoms with van der Waals surface area (Å²) in [5, 5.41) is 0. The summed E-state index contributed by atoms with van der Waals surface area (Å²) in [6.45, 7) is 5.87. The highest BCUT2D eigenvalue weighted by atomic mass is 79.9. The summed E-state index contributed by atoms with van der Waals surface area (Å²) in [6, 6.07) is 8.27. The van der Waals surface area contributed by atoms with Crippen LogP contribution in [0.1, 0.15) is 31.0 Å². The Morgan fingerprint density at radius 3 is 2.68 bits per heavy atom. The van der Waals surface area contributed by atoms with Crippen LogP contribution in [-0.2, 0) is 6.54 Å². The van der Waals surface area contributed by atoms with Crippen molar-refractivity contribution in [2.75, 3.05) is 6.54 Å². The second kappa shape index (κ2) is 6.35. The van der Waals surface area contributed by atoms with Gasteiger partial charge in [0.05, 0.1) is 6.33 Å². The van der Waals surface area contributed by atoms with Crippen molar-refractivity contribution in [2.24, 2.45) is 11.7 Å². The minimum Gasteiger partial charge on any atom is -0.330 e. The van der Waals surface area contributed by atoms with E-state index in [0.717, 1.165) is 11.0 Å². The Hall–Kier alpha value is -1.13. The number of benzene rings is 1. The lowest BCUT2D eigenvalue weighted by Crippen LogP contribution is -2.21. The molecule has 0 radical (unpaired) electrons. The number of aromatic nitrogens is 2. The predicted molar refractivity (Wildman–Crippen MR) is 82.1 cm³/mol. The molecule has 2 N–H and O–H groups in total. The number of rotatable bonds is 5. The molecule has 102 valence electrons. The summed E-state index contributed by atoms with van der Waals surface area (Å²) in [5.41, 5.74) is 8.37. The van der Waals surface area contributed by atoms with Crippen molar-refractivity contribution in [3.63, 3.8) is 0 Å². The van der Waals surface area contributed by atoms with Crippen molar-refractivity contribution in [3.8, 4) is 0 Å². The molecule has 4 heteroatoms. The zero-order valence-electron chi connectivity index (χ0n) is 11.4. The van der Waals surface area contributed by atoms with E-state index in [1.54, 1.807) is 0 Å². The first-order valence-electron chi connectivity index (χ1n) is 6.57. The highest BCUT2D eigenvalue weighted by Crippen LogP contribution is 2.25. The number of imidazole rings is 1. The van der Waals surface area contributed by atoms with Gasteiger partial charge in [0, 0.05) is 35.4 Å². The zero-order valence-corrected chi connectivity index (χ0v) is 13.0. The van der Waals surface area contributed by atoms with E-state index in [1.165, 1.54) is 11.3 Å². The number of nitrogens with two attached hydrogens (primary N) is 1. The Morgan fingerprint density at radius 1 is 1.32 bits per heavy atom. The minimum absolute atomic E-state index is 0.352. The van der Waals surface area contributed by atoms with Gasteiger partial charge in [-0.3, -0.25) is 0 Å². The van der Waals surface area contributed by atoms with Gasteiger partial charge in [0.2, 0.25) is 0 Å². The fourth-order valence-corrected chi connectivity index (χ4v) is 2.73. The van der Waals surface area contributed by atoms with Gasteiger partial charge in [-0.2, -0.15) is 0 Å². The van der Waals surface area contributed by atoms with E-state index < -0.39 is 0 Å². The number of hydrogen-bond donors (Lipinski definition) is 1. The van der Waals surface area contributed by atoms with Gasteiger partial charge < -0.3 is 10.3 Å². The third-order valence-corrected chi connectivity index (χ3v) is 4.26. The molecule has 0 saturated heterocycles. The summed E-state index contributed by atoms with van der Waals surface area (Å²) >= 11 is 3.59. The van der Waals surface area contributed by atoms with Crippen molar-refractivity contribution in [1.82, 2.24) is 9.55 Å². The second-order valence-electron chi connectivity index (χ2n) is 5.12. The van der Waals surface area contributed by atoms with Crippen molar-refractivity contribution in [2.45, 2.75) is 26.3 Å². The maximum Gasteiger partial charge on any atom is 0.0951 e. The zero-order chi connectivity index (χ0) is 13.8. The maximum absolute atomic E-state index is 5.91. The average molecular weight is 322 g/mol. The summed E-state index contributed by atoms with van der Waals surface area (Å²) in [5.74, 6) is 0.865. The summed E-state index contributed by atoms with van der Waals surface area (Å²) in [4.78, 5) is 4.29. The largest absolute Gasteiger partial charge is 0.330 e. The SMILES string of the molecule is CC(C)C(CN)c1cncn1Cc1ccccc1Br. The standard InChI is InChI=1S/C15H20BrN3/c1-11(2)13(7-17)15-8-18-10-19(15)9-12-5-3-4-6-14(12)16/h3-6,8,10-11,13H,7,9,17H2,1-2H3. The summed E-state index contributed by atoms with van der Waals surface area (Å²) in [6.07, 6.45) is 3.83. The molecule has 1 atom stereocenters. The third-order valence-electron chi connectivity index (χ3n) is 3.48. The van der Waals surface area contributed by atoms with Gasteiger partial charge >= 0.3 is 0 Å². The average Bonchev–Trinajstić information content (AvgIpc) is 2.81. The molecule has 19 heavy (non-hydrogen) atoms. The molecule has 3 nitrogen and oxygen atoms in total. The van der Waals surface area contributed by atoms with E-state index in [4.69, 9.17) is 5.73 Å². The van der Waals surface area contributed by atoms with Gasteiger partial charge in [-0.05, 0) is 17.5 Å². The molecule has 0 aliphatic rings. The van der Waals surface area contributed by atoms with E-state index in [-0.39, 0.29) is 0 Å². The van der Waals surface area contributed by atoms with Gasteiger partial charge in [-0.15, -0.1) is 0 Å². The van der Waals surface area contributed by atoms with Crippen LogP contribution in [0, 0.1) is 5.92 Å². The number of nitrogens with zero attached hydrogens (tertiary/aromatic N) is 2. The van der Waals surface area contributed by atoms with Crippen LogP contribution in [-0.4, -0.2) is 16.1 Å². The Kier molecular flexibility index (Phi) is 4.77. The lowest BCUT2D eigenvalue weighted by molar-refractivity contribution is 0.478. The predicted octanol–water partition coefficient (Wildman–Crippen LogP) is 3.39. The van der Waals surface area contributed by atoms with E-state index in [0.29, 0.717) is 18.4 Å². The molecular weight excluding hydrogens is 302 g/mol. The van der Waals surface area contributed by atoms with Crippen LogP contribution in [0.4, 0.5) is 0 Å². The van der Waals surface area contributed by atoms with Crippen LogP contribution in [0.15, 0.2) is 41.3 Å². The molecule has 1 aromatic heterocycles. The molecule has 0 aliphatic carbocycles. The smallest absolute Gasteiger partial charge is 0.0951 e. The van der Waals surface area contributed by atoms with E-state index in [2.05, 4.69) is 57.5 Å². The van der Waals surface area contributed by atoms with Crippen LogP contribution < -0.4 is 5.73 Å². The molecular formula is C15H20BrN3. The first-order chi connectivity index (χ1) is 9.13. The van der Waals surface area contributed by atoms with Crippen LogP contribution in [0.25, 0.3) is 0 Å². The molecule has 2 rings (SSSR count). The number of hydrogen-bond acceptors (Lipinski definition) is 2. The Labute approximate surface area is 123 Å². The Bertz CT molecular complexity index is 534. The van der Waals surface area contributed by atoms with Gasteiger partial charge in [0.25, 0.3) is 0 Å². The molecule has 1 unspecified atom stereocenters. The molecule has 1 heterocycles. The van der Waals surface area contributed by atoms with Crippen molar-refractivity contribution < 1.29 is 0 Å². The van der Waals surface area contributed by atoms with Gasteiger partial charge in [0.15, 0.2) is 0 Å². The highest BCUT2D eigenvalue weighted by Gasteiger charge is 2.18. The van der Waals surface area contributed by atoms with Crippen molar-refractivity contribution in [3.05, 3.63) is 52.5 Å². The van der Waals surface area contributed by atoms with Crippen LogP contribution in [0.2, 0.25) is 0 Å². The molecule has 2 aromatic rings. The quantitative estimate of drug-likeness (QED) is 0.917. The fraction of sp³-hybridized carbons (Fsp3) is 0.400. The van der Waals surface area contributed by atoms with E-state index in [9.17, 15) is 0 Å².